The minimum atomic E-state index is -1.40. The van der Waals surface area contributed by atoms with E-state index >= 15 is 0 Å². The standard InChI is InChI=1S/C16H18O7/c1-7-5-12(17)23-11-6-9(3-4-10(7)11)22-16-15(20)14(19)13(18)8(2)21-16/h3-6,8,13-16,18-20H,1-2H3/t8-,13+,14+,15+,16-/m0/s1. The fourth-order valence-electron chi connectivity index (χ4n) is 2.62. The Morgan fingerprint density at radius 2 is 1.83 bits per heavy atom. The molecule has 0 spiro atoms. The van der Waals surface area contributed by atoms with Crippen molar-refractivity contribution in [2.75, 3.05) is 0 Å². The molecule has 124 valence electrons. The van der Waals surface area contributed by atoms with Crippen LogP contribution in [-0.4, -0.2) is 46.0 Å². The minimum Gasteiger partial charge on any atom is -0.462 e. The van der Waals surface area contributed by atoms with Gasteiger partial charge >= 0.3 is 5.63 Å². The number of aryl methyl sites for hydroxylation is 1. The molecule has 2 heterocycles. The number of aliphatic hydroxyl groups is 3. The molecule has 1 aliphatic rings. The van der Waals surface area contributed by atoms with Crippen molar-refractivity contribution < 1.29 is 29.2 Å². The lowest BCUT2D eigenvalue weighted by molar-refractivity contribution is -0.268. The number of hydrogen-bond donors (Lipinski definition) is 3. The second-order valence-electron chi connectivity index (χ2n) is 5.71. The Hall–Kier alpha value is -1.93. The fraction of sp³-hybridized carbons (Fsp3) is 0.438. The van der Waals surface area contributed by atoms with Crippen LogP contribution < -0.4 is 10.4 Å². The lowest BCUT2D eigenvalue weighted by Crippen LogP contribution is -2.58. The minimum absolute atomic E-state index is 0.311. The zero-order chi connectivity index (χ0) is 16.7. The Morgan fingerprint density at radius 1 is 1.09 bits per heavy atom. The van der Waals surface area contributed by atoms with E-state index in [0.717, 1.165) is 10.9 Å². The molecule has 0 aliphatic carbocycles. The molecule has 0 unspecified atom stereocenters. The van der Waals surface area contributed by atoms with Gasteiger partial charge in [0.15, 0.2) is 0 Å². The van der Waals surface area contributed by atoms with Crippen LogP contribution in [0.2, 0.25) is 0 Å². The largest absolute Gasteiger partial charge is 0.462 e. The van der Waals surface area contributed by atoms with Crippen molar-refractivity contribution in [2.45, 2.75) is 44.6 Å². The molecule has 7 heteroatoms. The Labute approximate surface area is 131 Å². The van der Waals surface area contributed by atoms with Crippen molar-refractivity contribution in [3.05, 3.63) is 40.2 Å². The van der Waals surface area contributed by atoms with E-state index in [1.807, 2.05) is 0 Å². The first kappa shape index (κ1) is 15.9. The highest BCUT2D eigenvalue weighted by Gasteiger charge is 2.43. The van der Waals surface area contributed by atoms with Crippen LogP contribution in [0.1, 0.15) is 12.5 Å². The number of aliphatic hydroxyl groups excluding tert-OH is 3. The lowest BCUT2D eigenvalue weighted by Gasteiger charge is -2.38. The smallest absolute Gasteiger partial charge is 0.336 e. The quantitative estimate of drug-likeness (QED) is 0.683. The second kappa shape index (κ2) is 5.93. The van der Waals surface area contributed by atoms with Gasteiger partial charge in [-0.25, -0.2) is 4.79 Å². The molecule has 0 radical (unpaired) electrons. The van der Waals surface area contributed by atoms with Gasteiger partial charge in [-0.2, -0.15) is 0 Å². The molecular weight excluding hydrogens is 304 g/mol. The summed E-state index contributed by atoms with van der Waals surface area (Å²) >= 11 is 0. The van der Waals surface area contributed by atoms with Crippen LogP contribution in [0, 0.1) is 6.92 Å². The zero-order valence-corrected chi connectivity index (χ0v) is 12.7. The van der Waals surface area contributed by atoms with Gasteiger partial charge in [0.1, 0.15) is 29.6 Å². The van der Waals surface area contributed by atoms with Crippen molar-refractivity contribution in [1.29, 1.82) is 0 Å². The summed E-state index contributed by atoms with van der Waals surface area (Å²) in [6.07, 6.45) is -5.80. The summed E-state index contributed by atoms with van der Waals surface area (Å²) in [6, 6.07) is 6.29. The van der Waals surface area contributed by atoms with Crippen LogP contribution in [-0.2, 0) is 4.74 Å². The molecule has 3 N–H and O–H groups in total. The van der Waals surface area contributed by atoms with Crippen LogP contribution in [0.4, 0.5) is 0 Å². The summed E-state index contributed by atoms with van der Waals surface area (Å²) in [5.41, 5.74) is 0.670. The summed E-state index contributed by atoms with van der Waals surface area (Å²) in [5.74, 6) is 0.311. The molecule has 1 saturated heterocycles. The van der Waals surface area contributed by atoms with Crippen molar-refractivity contribution in [3.8, 4) is 5.75 Å². The van der Waals surface area contributed by atoms with Crippen LogP contribution in [0.15, 0.2) is 33.5 Å². The van der Waals surface area contributed by atoms with Gasteiger partial charge in [-0.05, 0) is 31.5 Å². The van der Waals surface area contributed by atoms with Crippen molar-refractivity contribution in [2.24, 2.45) is 0 Å². The lowest BCUT2D eigenvalue weighted by atomic mass is 10.00. The van der Waals surface area contributed by atoms with Crippen LogP contribution in [0.5, 0.6) is 5.75 Å². The molecule has 2 aromatic rings. The van der Waals surface area contributed by atoms with E-state index in [0.29, 0.717) is 11.3 Å². The van der Waals surface area contributed by atoms with Crippen molar-refractivity contribution in [1.82, 2.24) is 0 Å². The highest BCUT2D eigenvalue weighted by Crippen LogP contribution is 2.27. The maximum Gasteiger partial charge on any atom is 0.336 e. The first-order valence-corrected chi connectivity index (χ1v) is 7.27. The molecule has 0 amide bonds. The highest BCUT2D eigenvalue weighted by molar-refractivity contribution is 5.81. The Morgan fingerprint density at radius 3 is 2.57 bits per heavy atom. The maximum absolute atomic E-state index is 11.4. The number of fused-ring (bicyclic) bond motifs is 1. The van der Waals surface area contributed by atoms with Gasteiger partial charge in [0.25, 0.3) is 0 Å². The molecule has 1 fully saturated rings. The zero-order valence-electron chi connectivity index (χ0n) is 12.7. The van der Waals surface area contributed by atoms with Gasteiger partial charge in [0, 0.05) is 17.5 Å². The average molecular weight is 322 g/mol. The monoisotopic (exact) mass is 322 g/mol. The third kappa shape index (κ3) is 2.96. The molecule has 1 aromatic carbocycles. The Kier molecular flexibility index (Phi) is 4.11. The molecule has 0 saturated carbocycles. The molecular formula is C16H18O7. The van der Waals surface area contributed by atoms with E-state index in [1.54, 1.807) is 26.0 Å². The first-order chi connectivity index (χ1) is 10.9. The van der Waals surface area contributed by atoms with Gasteiger partial charge in [-0.15, -0.1) is 0 Å². The number of hydrogen-bond acceptors (Lipinski definition) is 7. The predicted octanol–water partition coefficient (Wildman–Crippen LogP) is 0.308. The number of ether oxygens (including phenoxy) is 2. The number of rotatable bonds is 2. The van der Waals surface area contributed by atoms with Crippen molar-refractivity contribution in [3.63, 3.8) is 0 Å². The van der Waals surface area contributed by atoms with Crippen LogP contribution in [0.3, 0.4) is 0 Å². The fourth-order valence-corrected chi connectivity index (χ4v) is 2.62. The maximum atomic E-state index is 11.4. The van der Waals surface area contributed by atoms with Crippen LogP contribution >= 0.6 is 0 Å². The molecule has 23 heavy (non-hydrogen) atoms. The topological polar surface area (TPSA) is 109 Å². The third-order valence-electron chi connectivity index (χ3n) is 3.98. The average Bonchev–Trinajstić information content (AvgIpc) is 2.50. The SMILES string of the molecule is Cc1cc(=O)oc2cc(O[C@@H]3O[C@@H](C)[C@@H](O)[C@@H](O)[C@H]3O)ccc12. The van der Waals surface area contributed by atoms with E-state index in [2.05, 4.69) is 0 Å². The Balaban J connectivity index is 1.88. The van der Waals surface area contributed by atoms with Crippen LogP contribution in [0.25, 0.3) is 11.0 Å². The molecule has 5 atom stereocenters. The van der Waals surface area contributed by atoms with E-state index in [1.165, 1.54) is 12.1 Å². The molecule has 7 nitrogen and oxygen atoms in total. The van der Waals surface area contributed by atoms with Gasteiger partial charge in [0.2, 0.25) is 6.29 Å². The summed E-state index contributed by atoms with van der Waals surface area (Å²) in [5, 5.41) is 30.2. The van der Waals surface area contributed by atoms with Gasteiger partial charge < -0.3 is 29.2 Å². The van der Waals surface area contributed by atoms with Gasteiger partial charge in [0.05, 0.1) is 6.10 Å². The third-order valence-corrected chi connectivity index (χ3v) is 3.98. The second-order valence-corrected chi connectivity index (χ2v) is 5.71. The molecule has 1 aromatic heterocycles. The first-order valence-electron chi connectivity index (χ1n) is 7.27. The highest BCUT2D eigenvalue weighted by atomic mass is 16.7. The van der Waals surface area contributed by atoms with Crippen molar-refractivity contribution >= 4 is 11.0 Å². The van der Waals surface area contributed by atoms with E-state index in [4.69, 9.17) is 13.9 Å². The Bertz CT molecular complexity index is 769. The number of benzene rings is 1. The van der Waals surface area contributed by atoms with E-state index in [9.17, 15) is 20.1 Å². The van der Waals surface area contributed by atoms with Gasteiger partial charge in [-0.1, -0.05) is 0 Å². The normalized spacial score (nSPS) is 31.3. The van der Waals surface area contributed by atoms with Gasteiger partial charge in [-0.3, -0.25) is 0 Å². The van der Waals surface area contributed by atoms with E-state index in [-0.39, 0.29) is 0 Å². The summed E-state index contributed by atoms with van der Waals surface area (Å²) in [6.45, 7) is 3.37. The summed E-state index contributed by atoms with van der Waals surface area (Å²) < 4.78 is 16.0. The molecule has 1 aliphatic heterocycles. The van der Waals surface area contributed by atoms with E-state index < -0.39 is 36.3 Å². The molecule has 3 rings (SSSR count). The summed E-state index contributed by atoms with van der Waals surface area (Å²) in [7, 11) is 0. The predicted molar refractivity (Wildman–Crippen MR) is 80.2 cm³/mol. The molecule has 0 bridgehead atoms. The summed E-state index contributed by atoms with van der Waals surface area (Å²) in [4.78, 5) is 11.4.